The second kappa shape index (κ2) is 8.79. The van der Waals surface area contributed by atoms with E-state index in [0.717, 1.165) is 0 Å². The third kappa shape index (κ3) is 4.57. The molecule has 0 spiro atoms. The summed E-state index contributed by atoms with van der Waals surface area (Å²) in [6.45, 7) is 2.07. The van der Waals surface area contributed by atoms with Crippen LogP contribution in [0.3, 0.4) is 0 Å². The molecule has 0 aromatic heterocycles. The third-order valence-corrected chi connectivity index (χ3v) is 6.28. The van der Waals surface area contributed by atoms with Gasteiger partial charge < -0.3 is 10.1 Å². The molecule has 29 heavy (non-hydrogen) atoms. The summed E-state index contributed by atoms with van der Waals surface area (Å²) in [5.74, 6) is 0.294. The number of hydrogen-bond acceptors (Lipinski definition) is 4. The van der Waals surface area contributed by atoms with E-state index >= 15 is 0 Å². The Morgan fingerprint density at radius 2 is 1.66 bits per heavy atom. The van der Waals surface area contributed by atoms with Crippen molar-refractivity contribution in [2.45, 2.75) is 11.8 Å². The number of amides is 1. The number of para-hydroxylation sites is 1. The minimum atomic E-state index is -3.73. The molecule has 6 nitrogen and oxygen atoms in total. The van der Waals surface area contributed by atoms with Crippen LogP contribution >= 0.6 is 0 Å². The number of carbonyl (C=O) groups is 1. The molecule has 0 fully saturated rings. The average molecular weight is 410 g/mol. The Kier molecular flexibility index (Phi) is 6.19. The highest BCUT2D eigenvalue weighted by atomic mass is 32.2. The summed E-state index contributed by atoms with van der Waals surface area (Å²) in [7, 11) is -2.18. The van der Waals surface area contributed by atoms with Crippen LogP contribution in [0.2, 0.25) is 0 Å². The highest BCUT2D eigenvalue weighted by Crippen LogP contribution is 2.24. The van der Waals surface area contributed by atoms with Crippen molar-refractivity contribution in [2.24, 2.45) is 0 Å². The number of nitrogens with one attached hydrogen (secondary N) is 1. The van der Waals surface area contributed by atoms with Gasteiger partial charge in [-0.05, 0) is 55.5 Å². The van der Waals surface area contributed by atoms with Gasteiger partial charge in [-0.25, -0.2) is 8.42 Å². The number of methoxy groups -OCH3 is 1. The first-order valence-corrected chi connectivity index (χ1v) is 10.5. The van der Waals surface area contributed by atoms with Gasteiger partial charge in [0.2, 0.25) is 0 Å². The molecule has 3 aromatic carbocycles. The summed E-state index contributed by atoms with van der Waals surface area (Å²) in [6, 6.07) is 21.8. The average Bonchev–Trinajstić information content (AvgIpc) is 2.75. The highest BCUT2D eigenvalue weighted by molar-refractivity contribution is 7.92. The molecule has 0 atom stereocenters. The summed E-state index contributed by atoms with van der Waals surface area (Å²) in [6.07, 6.45) is 0. The van der Waals surface area contributed by atoms with Crippen LogP contribution in [0.15, 0.2) is 83.8 Å². The van der Waals surface area contributed by atoms with E-state index < -0.39 is 10.0 Å². The second-order valence-corrected chi connectivity index (χ2v) is 8.08. The van der Waals surface area contributed by atoms with Crippen molar-refractivity contribution in [1.29, 1.82) is 0 Å². The number of anilines is 2. The molecule has 0 unspecified atom stereocenters. The minimum absolute atomic E-state index is 0.126. The second-order valence-electron chi connectivity index (χ2n) is 6.22. The topological polar surface area (TPSA) is 75.7 Å². The molecule has 0 saturated heterocycles. The normalized spacial score (nSPS) is 11.0. The van der Waals surface area contributed by atoms with Crippen LogP contribution < -0.4 is 14.4 Å². The fourth-order valence-electron chi connectivity index (χ4n) is 2.90. The van der Waals surface area contributed by atoms with E-state index in [1.54, 1.807) is 62.6 Å². The standard InChI is InChI=1S/C22H22N2O4S/c1-3-24(19-9-5-4-6-10-19)29(26,27)21-14-12-17(13-15-21)22(25)23-18-8-7-11-20(16-18)28-2/h4-16H,3H2,1-2H3,(H,23,25). The first-order chi connectivity index (χ1) is 14.0. The number of rotatable bonds is 7. The van der Waals surface area contributed by atoms with Crippen LogP contribution in [-0.2, 0) is 10.0 Å². The molecule has 0 radical (unpaired) electrons. The van der Waals surface area contributed by atoms with E-state index in [1.807, 2.05) is 6.07 Å². The Bertz CT molecular complexity index is 1080. The van der Waals surface area contributed by atoms with Gasteiger partial charge in [-0.15, -0.1) is 0 Å². The maximum absolute atomic E-state index is 13.0. The van der Waals surface area contributed by atoms with Gasteiger partial charge in [0, 0.05) is 23.9 Å². The van der Waals surface area contributed by atoms with E-state index in [4.69, 9.17) is 4.74 Å². The number of nitrogens with zero attached hydrogens (tertiary/aromatic N) is 1. The van der Waals surface area contributed by atoms with Crippen molar-refractivity contribution in [2.75, 3.05) is 23.3 Å². The van der Waals surface area contributed by atoms with Gasteiger partial charge in [-0.3, -0.25) is 9.10 Å². The Balaban J connectivity index is 1.80. The first-order valence-electron chi connectivity index (χ1n) is 9.09. The Morgan fingerprint density at radius 1 is 0.966 bits per heavy atom. The largest absolute Gasteiger partial charge is 0.497 e. The molecule has 1 N–H and O–H groups in total. The fraction of sp³-hybridized carbons (Fsp3) is 0.136. The summed E-state index contributed by atoms with van der Waals surface area (Å²) >= 11 is 0. The van der Waals surface area contributed by atoms with Crippen LogP contribution in [-0.4, -0.2) is 28.0 Å². The van der Waals surface area contributed by atoms with Gasteiger partial charge in [0.15, 0.2) is 0 Å². The first kappa shape index (κ1) is 20.4. The van der Waals surface area contributed by atoms with Gasteiger partial charge in [0.05, 0.1) is 17.7 Å². The molecule has 3 aromatic rings. The lowest BCUT2D eigenvalue weighted by Gasteiger charge is -2.23. The molecule has 0 bridgehead atoms. The summed E-state index contributed by atoms with van der Waals surface area (Å²) in [5.41, 5.74) is 1.54. The quantitative estimate of drug-likeness (QED) is 0.635. The third-order valence-electron chi connectivity index (χ3n) is 4.36. The molecule has 0 aliphatic carbocycles. The Labute approximate surface area is 170 Å². The Hall–Kier alpha value is -3.32. The number of benzene rings is 3. The zero-order valence-electron chi connectivity index (χ0n) is 16.2. The molecule has 0 saturated carbocycles. The van der Waals surface area contributed by atoms with E-state index in [9.17, 15) is 13.2 Å². The van der Waals surface area contributed by atoms with Gasteiger partial charge in [0.25, 0.3) is 15.9 Å². The van der Waals surface area contributed by atoms with E-state index in [1.165, 1.54) is 28.6 Å². The molecule has 150 valence electrons. The smallest absolute Gasteiger partial charge is 0.264 e. The number of ether oxygens (including phenoxy) is 1. The molecular weight excluding hydrogens is 388 g/mol. The lowest BCUT2D eigenvalue weighted by Crippen LogP contribution is -2.30. The summed E-state index contributed by atoms with van der Waals surface area (Å²) in [5, 5.41) is 2.77. The van der Waals surface area contributed by atoms with Crippen molar-refractivity contribution < 1.29 is 17.9 Å². The zero-order valence-corrected chi connectivity index (χ0v) is 17.0. The maximum Gasteiger partial charge on any atom is 0.264 e. The SMILES string of the molecule is CCN(c1ccccc1)S(=O)(=O)c1ccc(C(=O)Nc2cccc(OC)c2)cc1. The van der Waals surface area contributed by atoms with E-state index in [2.05, 4.69) is 5.32 Å². The van der Waals surface area contributed by atoms with Crippen LogP contribution in [0.1, 0.15) is 17.3 Å². The van der Waals surface area contributed by atoms with Crippen molar-refractivity contribution in [3.05, 3.63) is 84.4 Å². The van der Waals surface area contributed by atoms with Gasteiger partial charge in [-0.2, -0.15) is 0 Å². The summed E-state index contributed by atoms with van der Waals surface area (Å²) < 4.78 is 32.5. The van der Waals surface area contributed by atoms with Gasteiger partial charge >= 0.3 is 0 Å². The number of carbonyl (C=O) groups excluding carboxylic acids is 1. The monoisotopic (exact) mass is 410 g/mol. The van der Waals surface area contributed by atoms with E-state index in [-0.39, 0.29) is 10.8 Å². The molecule has 0 aliphatic rings. The highest BCUT2D eigenvalue weighted by Gasteiger charge is 2.23. The molecule has 7 heteroatoms. The van der Waals surface area contributed by atoms with Crippen molar-refractivity contribution in [3.8, 4) is 5.75 Å². The number of hydrogen-bond donors (Lipinski definition) is 1. The maximum atomic E-state index is 13.0. The van der Waals surface area contributed by atoms with E-state index in [0.29, 0.717) is 29.2 Å². The molecular formula is C22H22N2O4S. The Morgan fingerprint density at radius 3 is 2.28 bits per heavy atom. The zero-order chi connectivity index (χ0) is 20.9. The van der Waals surface area contributed by atoms with Gasteiger partial charge in [0.1, 0.15) is 5.75 Å². The summed E-state index contributed by atoms with van der Waals surface area (Å²) in [4.78, 5) is 12.6. The lowest BCUT2D eigenvalue weighted by atomic mass is 10.2. The predicted octanol–water partition coefficient (Wildman–Crippen LogP) is 4.16. The minimum Gasteiger partial charge on any atom is -0.497 e. The molecule has 3 rings (SSSR count). The van der Waals surface area contributed by atoms with Crippen molar-refractivity contribution in [3.63, 3.8) is 0 Å². The predicted molar refractivity (Wildman–Crippen MR) is 114 cm³/mol. The van der Waals surface area contributed by atoms with Gasteiger partial charge in [-0.1, -0.05) is 24.3 Å². The van der Waals surface area contributed by atoms with Crippen LogP contribution in [0.25, 0.3) is 0 Å². The van der Waals surface area contributed by atoms with Crippen LogP contribution in [0.5, 0.6) is 5.75 Å². The van der Waals surface area contributed by atoms with Crippen LogP contribution in [0.4, 0.5) is 11.4 Å². The van der Waals surface area contributed by atoms with Crippen molar-refractivity contribution >= 4 is 27.3 Å². The molecule has 1 amide bonds. The lowest BCUT2D eigenvalue weighted by molar-refractivity contribution is 0.102. The van der Waals surface area contributed by atoms with Crippen LogP contribution in [0, 0.1) is 0 Å². The van der Waals surface area contributed by atoms with Crippen molar-refractivity contribution in [1.82, 2.24) is 0 Å². The fourth-order valence-corrected chi connectivity index (χ4v) is 4.37. The molecule has 0 heterocycles. The number of sulfonamides is 1. The molecule has 0 aliphatic heterocycles.